The molecule has 0 atom stereocenters. The Hall–Kier alpha value is -1.78. The molecule has 1 fully saturated rings. The third-order valence-corrected chi connectivity index (χ3v) is 3.69. The standard InChI is InChI=1S/C13H18N2O3/c1-8-6-11(16)12(17)10(15(8)2)7-14-13(18)9-4-3-5-9/h6,9,17H,3-5,7H2,1-2H3,(H,14,18). The predicted molar refractivity (Wildman–Crippen MR) is 67.3 cm³/mol. The fourth-order valence-corrected chi connectivity index (χ4v) is 2.06. The first kappa shape index (κ1) is 12.7. The van der Waals surface area contributed by atoms with Gasteiger partial charge in [-0.15, -0.1) is 0 Å². The van der Waals surface area contributed by atoms with Gasteiger partial charge < -0.3 is 15.0 Å². The second kappa shape index (κ2) is 4.84. The Morgan fingerprint density at radius 3 is 2.78 bits per heavy atom. The van der Waals surface area contributed by atoms with Gasteiger partial charge in [0, 0.05) is 24.7 Å². The molecule has 5 nitrogen and oxygen atoms in total. The van der Waals surface area contributed by atoms with Crippen molar-refractivity contribution in [1.82, 2.24) is 9.88 Å². The van der Waals surface area contributed by atoms with Crippen LogP contribution >= 0.6 is 0 Å². The Morgan fingerprint density at radius 2 is 2.22 bits per heavy atom. The highest BCUT2D eigenvalue weighted by Gasteiger charge is 2.25. The molecule has 5 heteroatoms. The molecule has 0 aliphatic heterocycles. The molecule has 1 saturated carbocycles. The Bertz CT molecular complexity index is 530. The van der Waals surface area contributed by atoms with Crippen molar-refractivity contribution in [2.75, 3.05) is 0 Å². The SMILES string of the molecule is Cc1cc(=O)c(O)c(CNC(=O)C2CCC2)n1C. The maximum absolute atomic E-state index is 11.7. The number of aromatic hydroxyl groups is 1. The first-order valence-electron chi connectivity index (χ1n) is 6.17. The highest BCUT2D eigenvalue weighted by atomic mass is 16.3. The van der Waals surface area contributed by atoms with Gasteiger partial charge in [0.1, 0.15) is 0 Å². The fraction of sp³-hybridized carbons (Fsp3) is 0.538. The molecule has 0 radical (unpaired) electrons. The molecule has 1 aromatic rings. The van der Waals surface area contributed by atoms with E-state index in [4.69, 9.17) is 0 Å². The maximum Gasteiger partial charge on any atom is 0.223 e. The summed E-state index contributed by atoms with van der Waals surface area (Å²) >= 11 is 0. The molecular weight excluding hydrogens is 232 g/mol. The zero-order valence-corrected chi connectivity index (χ0v) is 10.7. The second-order valence-electron chi connectivity index (χ2n) is 4.85. The van der Waals surface area contributed by atoms with E-state index in [1.54, 1.807) is 18.5 Å². The monoisotopic (exact) mass is 250 g/mol. The van der Waals surface area contributed by atoms with Crippen LogP contribution in [0.15, 0.2) is 10.9 Å². The van der Waals surface area contributed by atoms with Crippen molar-refractivity contribution in [3.63, 3.8) is 0 Å². The normalized spacial score (nSPS) is 15.2. The molecule has 98 valence electrons. The van der Waals surface area contributed by atoms with E-state index >= 15 is 0 Å². The van der Waals surface area contributed by atoms with Crippen molar-refractivity contribution in [2.24, 2.45) is 13.0 Å². The number of carbonyl (C=O) groups is 1. The van der Waals surface area contributed by atoms with E-state index in [-0.39, 0.29) is 24.1 Å². The lowest BCUT2D eigenvalue weighted by molar-refractivity contribution is -0.127. The lowest BCUT2D eigenvalue weighted by Crippen LogP contribution is -2.35. The van der Waals surface area contributed by atoms with Crippen LogP contribution in [0.4, 0.5) is 0 Å². The number of aromatic nitrogens is 1. The van der Waals surface area contributed by atoms with Crippen LogP contribution in [0.1, 0.15) is 30.7 Å². The molecule has 1 aliphatic carbocycles. The quantitative estimate of drug-likeness (QED) is 0.834. The van der Waals surface area contributed by atoms with Crippen LogP contribution in [0.25, 0.3) is 0 Å². The van der Waals surface area contributed by atoms with Gasteiger partial charge in [-0.3, -0.25) is 9.59 Å². The number of aryl methyl sites for hydroxylation is 1. The van der Waals surface area contributed by atoms with Crippen LogP contribution < -0.4 is 10.7 Å². The Balaban J connectivity index is 2.13. The average molecular weight is 250 g/mol. The highest BCUT2D eigenvalue weighted by molar-refractivity contribution is 5.79. The van der Waals surface area contributed by atoms with Gasteiger partial charge in [-0.1, -0.05) is 6.42 Å². The molecule has 18 heavy (non-hydrogen) atoms. The Kier molecular flexibility index (Phi) is 3.41. The molecule has 1 heterocycles. The topological polar surface area (TPSA) is 71.3 Å². The summed E-state index contributed by atoms with van der Waals surface area (Å²) in [7, 11) is 1.76. The van der Waals surface area contributed by atoms with Gasteiger partial charge in [-0.25, -0.2) is 0 Å². The van der Waals surface area contributed by atoms with Gasteiger partial charge in [-0.2, -0.15) is 0 Å². The number of hydrogen-bond donors (Lipinski definition) is 2. The summed E-state index contributed by atoms with van der Waals surface area (Å²) in [6, 6.07) is 1.38. The number of nitrogens with one attached hydrogen (secondary N) is 1. The van der Waals surface area contributed by atoms with E-state index < -0.39 is 5.43 Å². The molecule has 1 aromatic heterocycles. The lowest BCUT2D eigenvalue weighted by Gasteiger charge is -2.24. The molecule has 0 unspecified atom stereocenters. The Morgan fingerprint density at radius 1 is 1.56 bits per heavy atom. The summed E-state index contributed by atoms with van der Waals surface area (Å²) in [5.41, 5.74) is 0.803. The summed E-state index contributed by atoms with van der Waals surface area (Å²) in [6.45, 7) is 1.98. The second-order valence-corrected chi connectivity index (χ2v) is 4.85. The van der Waals surface area contributed by atoms with Crippen molar-refractivity contribution in [3.05, 3.63) is 27.7 Å². The van der Waals surface area contributed by atoms with E-state index in [1.807, 2.05) is 0 Å². The number of hydrogen-bond acceptors (Lipinski definition) is 3. The van der Waals surface area contributed by atoms with Crippen molar-refractivity contribution < 1.29 is 9.90 Å². The van der Waals surface area contributed by atoms with Crippen molar-refractivity contribution in [3.8, 4) is 5.75 Å². The minimum absolute atomic E-state index is 0.00889. The van der Waals surface area contributed by atoms with Crippen LogP contribution in [0, 0.1) is 12.8 Å². The van der Waals surface area contributed by atoms with Crippen LogP contribution in [-0.2, 0) is 18.4 Å². The van der Waals surface area contributed by atoms with Gasteiger partial charge in [0.15, 0.2) is 5.75 Å². The molecular formula is C13H18N2O3. The van der Waals surface area contributed by atoms with Crippen LogP contribution in [0.2, 0.25) is 0 Å². The molecule has 0 spiro atoms. The zero-order valence-electron chi connectivity index (χ0n) is 10.7. The van der Waals surface area contributed by atoms with E-state index in [9.17, 15) is 14.7 Å². The minimum Gasteiger partial charge on any atom is -0.503 e. The average Bonchev–Trinajstić information content (AvgIpc) is 2.24. The van der Waals surface area contributed by atoms with E-state index in [0.29, 0.717) is 5.69 Å². The molecule has 2 rings (SSSR count). The number of nitrogens with zero attached hydrogens (tertiary/aromatic N) is 1. The van der Waals surface area contributed by atoms with E-state index in [2.05, 4.69) is 5.32 Å². The van der Waals surface area contributed by atoms with Gasteiger partial charge in [0.2, 0.25) is 11.3 Å². The van der Waals surface area contributed by atoms with Crippen molar-refractivity contribution in [2.45, 2.75) is 32.7 Å². The van der Waals surface area contributed by atoms with Crippen molar-refractivity contribution in [1.29, 1.82) is 0 Å². The van der Waals surface area contributed by atoms with Gasteiger partial charge >= 0.3 is 0 Å². The summed E-state index contributed by atoms with van der Waals surface area (Å²) in [5.74, 6) is -0.166. The Labute approximate surface area is 105 Å². The lowest BCUT2D eigenvalue weighted by atomic mass is 9.85. The van der Waals surface area contributed by atoms with E-state index in [1.165, 1.54) is 6.07 Å². The zero-order chi connectivity index (χ0) is 13.3. The predicted octanol–water partition coefficient (Wildman–Crippen LogP) is 0.816. The smallest absolute Gasteiger partial charge is 0.223 e. The molecule has 0 aromatic carbocycles. The molecule has 1 aliphatic rings. The van der Waals surface area contributed by atoms with Crippen LogP contribution in [-0.4, -0.2) is 15.6 Å². The molecule has 2 N–H and O–H groups in total. The minimum atomic E-state index is -0.404. The molecule has 0 bridgehead atoms. The highest BCUT2D eigenvalue weighted by Crippen LogP contribution is 2.26. The molecule has 1 amide bonds. The first-order valence-corrected chi connectivity index (χ1v) is 6.17. The summed E-state index contributed by atoms with van der Waals surface area (Å²) < 4.78 is 1.72. The molecule has 0 saturated heterocycles. The third-order valence-electron chi connectivity index (χ3n) is 3.69. The number of rotatable bonds is 3. The van der Waals surface area contributed by atoms with Crippen molar-refractivity contribution >= 4 is 5.91 Å². The first-order chi connectivity index (χ1) is 8.50. The fourth-order valence-electron chi connectivity index (χ4n) is 2.06. The number of amides is 1. The number of carbonyl (C=O) groups excluding carboxylic acids is 1. The van der Waals surface area contributed by atoms with E-state index in [0.717, 1.165) is 25.0 Å². The van der Waals surface area contributed by atoms with Crippen LogP contribution in [0.3, 0.4) is 0 Å². The maximum atomic E-state index is 11.7. The third kappa shape index (κ3) is 2.25. The summed E-state index contributed by atoms with van der Waals surface area (Å²) in [4.78, 5) is 23.2. The van der Waals surface area contributed by atoms with Gasteiger partial charge in [0.05, 0.1) is 12.2 Å². The van der Waals surface area contributed by atoms with Gasteiger partial charge in [-0.05, 0) is 19.8 Å². The number of pyridine rings is 1. The van der Waals surface area contributed by atoms with Gasteiger partial charge in [0.25, 0.3) is 0 Å². The van der Waals surface area contributed by atoms with Crippen LogP contribution in [0.5, 0.6) is 5.75 Å². The largest absolute Gasteiger partial charge is 0.503 e. The summed E-state index contributed by atoms with van der Waals surface area (Å²) in [6.07, 6.45) is 2.97. The summed E-state index contributed by atoms with van der Waals surface area (Å²) in [5, 5.41) is 12.5.